The second-order valence-electron chi connectivity index (χ2n) is 2.98. The van der Waals surface area contributed by atoms with E-state index in [4.69, 9.17) is 0 Å². The first-order valence-corrected chi connectivity index (χ1v) is 3.86. The fourth-order valence-electron chi connectivity index (χ4n) is 1.14. The molecule has 11 heavy (non-hydrogen) atoms. The van der Waals surface area contributed by atoms with Crippen LogP contribution in [0, 0.1) is 0 Å². The van der Waals surface area contributed by atoms with Crippen LogP contribution in [0.25, 0.3) is 0 Å². The maximum absolute atomic E-state index is 3.77. The van der Waals surface area contributed by atoms with Gasteiger partial charge in [-0.2, -0.15) is 0 Å². The Morgan fingerprint density at radius 3 is 3.00 bits per heavy atom. The minimum atomic E-state index is 0.955. The molecule has 0 unspecified atom stereocenters. The van der Waals surface area contributed by atoms with Crippen molar-refractivity contribution < 1.29 is 4.58 Å². The smallest absolute Gasteiger partial charge is 0.188 e. The van der Waals surface area contributed by atoms with Gasteiger partial charge in [-0.1, -0.05) is 0 Å². The van der Waals surface area contributed by atoms with Crippen LogP contribution in [0.2, 0.25) is 0 Å². The van der Waals surface area contributed by atoms with Gasteiger partial charge in [0.2, 0.25) is 0 Å². The Balaban J connectivity index is 2.60. The average molecular weight is 154 g/mol. The first-order chi connectivity index (χ1) is 5.20. The van der Waals surface area contributed by atoms with Gasteiger partial charge in [0.1, 0.15) is 13.8 Å². The van der Waals surface area contributed by atoms with Crippen molar-refractivity contribution in [2.24, 2.45) is 0 Å². The molecule has 1 saturated heterocycles. The molecule has 0 aliphatic carbocycles. The molecule has 1 aliphatic heterocycles. The zero-order chi connectivity index (χ0) is 8.27. The number of likely N-dealkylation sites (N-methyl/N-ethyl adjacent to an activating group) is 1. The summed E-state index contributed by atoms with van der Waals surface area (Å²) in [5, 5.41) is 3.31. The largest absolute Gasteiger partial charge is 0.371 e. The van der Waals surface area contributed by atoms with Crippen LogP contribution in [0.15, 0.2) is 11.9 Å². The molecule has 3 nitrogen and oxygen atoms in total. The SMILES string of the molecule is C=[N+](C)C=C1CNCCN1C. The highest BCUT2D eigenvalue weighted by atomic mass is 15.2. The van der Waals surface area contributed by atoms with E-state index in [1.807, 2.05) is 17.8 Å². The van der Waals surface area contributed by atoms with Gasteiger partial charge in [-0.25, -0.2) is 4.58 Å². The predicted molar refractivity (Wildman–Crippen MR) is 46.9 cm³/mol. The van der Waals surface area contributed by atoms with Crippen molar-refractivity contribution in [1.29, 1.82) is 0 Å². The Morgan fingerprint density at radius 2 is 2.45 bits per heavy atom. The standard InChI is InChI=1S/C8H16N3/c1-10(2)7-8-6-9-4-5-11(8)3/h7,9H,1,4-6H2,2-3H3/q+1. The summed E-state index contributed by atoms with van der Waals surface area (Å²) < 4.78 is 1.83. The molecule has 0 aromatic carbocycles. The van der Waals surface area contributed by atoms with Gasteiger partial charge >= 0.3 is 0 Å². The lowest BCUT2D eigenvalue weighted by Crippen LogP contribution is -2.39. The van der Waals surface area contributed by atoms with E-state index in [0.717, 1.165) is 19.6 Å². The minimum absolute atomic E-state index is 0.955. The fraction of sp³-hybridized carbons (Fsp3) is 0.625. The Kier molecular flexibility index (Phi) is 2.65. The predicted octanol–water partition coefficient (Wildman–Crippen LogP) is -0.294. The van der Waals surface area contributed by atoms with E-state index in [0.29, 0.717) is 0 Å². The average Bonchev–Trinajstić information content (AvgIpc) is 1.93. The number of hydrogen-bond donors (Lipinski definition) is 1. The van der Waals surface area contributed by atoms with Crippen molar-refractivity contribution in [3.05, 3.63) is 11.9 Å². The Bertz CT molecular complexity index is 184. The van der Waals surface area contributed by atoms with E-state index >= 15 is 0 Å². The molecule has 0 aromatic rings. The highest BCUT2D eigenvalue weighted by molar-refractivity contribution is 5.16. The van der Waals surface area contributed by atoms with Crippen molar-refractivity contribution in [1.82, 2.24) is 10.2 Å². The molecule has 1 heterocycles. The lowest BCUT2D eigenvalue weighted by molar-refractivity contribution is -0.414. The topological polar surface area (TPSA) is 18.3 Å². The zero-order valence-corrected chi connectivity index (χ0v) is 7.30. The van der Waals surface area contributed by atoms with Crippen LogP contribution < -0.4 is 5.32 Å². The molecule has 1 fully saturated rings. The molecule has 0 saturated carbocycles. The second-order valence-corrected chi connectivity index (χ2v) is 2.98. The summed E-state index contributed by atoms with van der Waals surface area (Å²) in [6.07, 6.45) is 2.05. The van der Waals surface area contributed by atoms with Gasteiger partial charge in [-0.05, 0) is 0 Å². The van der Waals surface area contributed by atoms with Gasteiger partial charge < -0.3 is 10.2 Å². The second kappa shape index (κ2) is 3.53. The highest BCUT2D eigenvalue weighted by Crippen LogP contribution is 2.02. The third kappa shape index (κ3) is 2.35. The quantitative estimate of drug-likeness (QED) is 0.413. The summed E-state index contributed by atoms with van der Waals surface area (Å²) in [5.41, 5.74) is 1.30. The zero-order valence-electron chi connectivity index (χ0n) is 7.30. The van der Waals surface area contributed by atoms with E-state index in [9.17, 15) is 0 Å². The molecule has 0 aromatic heterocycles. The number of hydrogen-bond acceptors (Lipinski definition) is 2. The molecule has 0 bridgehead atoms. The fourth-order valence-corrected chi connectivity index (χ4v) is 1.14. The molecule has 0 amide bonds. The summed E-state index contributed by atoms with van der Waals surface area (Å²) >= 11 is 0. The molecule has 0 spiro atoms. The van der Waals surface area contributed by atoms with Crippen molar-refractivity contribution in [2.45, 2.75) is 0 Å². The Labute approximate surface area is 68.0 Å². The number of rotatable bonds is 1. The Morgan fingerprint density at radius 1 is 1.73 bits per heavy atom. The monoisotopic (exact) mass is 154 g/mol. The molecule has 1 aliphatic rings. The molecule has 3 heteroatoms. The maximum atomic E-state index is 3.77. The third-order valence-electron chi connectivity index (χ3n) is 1.79. The van der Waals surface area contributed by atoms with Crippen LogP contribution in [0.5, 0.6) is 0 Å². The number of nitrogens with one attached hydrogen (secondary N) is 1. The minimum Gasteiger partial charge on any atom is -0.371 e. The summed E-state index contributed by atoms with van der Waals surface area (Å²) in [6, 6.07) is 0. The normalized spacial score (nSPS) is 22.4. The van der Waals surface area contributed by atoms with Gasteiger partial charge in [0.05, 0.1) is 5.70 Å². The number of nitrogens with zero attached hydrogens (tertiary/aromatic N) is 2. The molecule has 62 valence electrons. The van der Waals surface area contributed by atoms with Gasteiger partial charge in [0, 0.05) is 26.7 Å². The lowest BCUT2D eigenvalue weighted by atomic mass is 10.3. The summed E-state index contributed by atoms with van der Waals surface area (Å²) in [6.45, 7) is 6.89. The van der Waals surface area contributed by atoms with Crippen LogP contribution in [-0.4, -0.2) is 49.9 Å². The van der Waals surface area contributed by atoms with Crippen molar-refractivity contribution in [3.8, 4) is 0 Å². The first kappa shape index (κ1) is 8.27. The van der Waals surface area contributed by atoms with E-state index in [1.54, 1.807) is 0 Å². The molecule has 1 rings (SSSR count). The highest BCUT2D eigenvalue weighted by Gasteiger charge is 2.11. The summed E-state index contributed by atoms with van der Waals surface area (Å²) in [5.74, 6) is 0. The molecule has 0 radical (unpaired) electrons. The number of piperazine rings is 1. The molecular weight excluding hydrogens is 138 g/mol. The van der Waals surface area contributed by atoms with Gasteiger partial charge in [0.25, 0.3) is 0 Å². The first-order valence-electron chi connectivity index (χ1n) is 3.86. The van der Waals surface area contributed by atoms with E-state index in [2.05, 4.69) is 24.0 Å². The van der Waals surface area contributed by atoms with E-state index in [1.165, 1.54) is 5.70 Å². The van der Waals surface area contributed by atoms with Crippen LogP contribution in [0.1, 0.15) is 0 Å². The molecule has 0 atom stereocenters. The van der Waals surface area contributed by atoms with Crippen molar-refractivity contribution >= 4 is 6.72 Å². The van der Waals surface area contributed by atoms with Crippen molar-refractivity contribution in [2.75, 3.05) is 33.7 Å². The van der Waals surface area contributed by atoms with Gasteiger partial charge in [-0.15, -0.1) is 0 Å². The maximum Gasteiger partial charge on any atom is 0.188 e. The lowest BCUT2D eigenvalue weighted by Gasteiger charge is -2.26. The Hall–Kier alpha value is -0.830. The van der Waals surface area contributed by atoms with Crippen LogP contribution in [0.3, 0.4) is 0 Å². The van der Waals surface area contributed by atoms with Crippen molar-refractivity contribution in [3.63, 3.8) is 0 Å². The van der Waals surface area contributed by atoms with Crippen LogP contribution in [-0.2, 0) is 0 Å². The molecular formula is C8H16N3+. The van der Waals surface area contributed by atoms with Gasteiger partial charge in [-0.3, -0.25) is 0 Å². The summed E-state index contributed by atoms with van der Waals surface area (Å²) in [7, 11) is 4.05. The molecule has 1 N–H and O–H groups in total. The summed E-state index contributed by atoms with van der Waals surface area (Å²) in [4.78, 5) is 2.25. The van der Waals surface area contributed by atoms with Crippen LogP contribution in [0.4, 0.5) is 0 Å². The van der Waals surface area contributed by atoms with E-state index < -0.39 is 0 Å². The third-order valence-corrected chi connectivity index (χ3v) is 1.79. The van der Waals surface area contributed by atoms with E-state index in [-0.39, 0.29) is 0 Å². The van der Waals surface area contributed by atoms with Gasteiger partial charge in [0.15, 0.2) is 6.20 Å². The van der Waals surface area contributed by atoms with Crippen LogP contribution >= 0.6 is 0 Å².